The summed E-state index contributed by atoms with van der Waals surface area (Å²) in [6, 6.07) is 32.6. The second-order valence-corrected chi connectivity index (χ2v) is 9.91. The third kappa shape index (κ3) is 3.92. The molecule has 0 heterocycles. The standard InChI is InChI=1S/C30H29BO2/c1-29(2,32)30(3,4)33-31-22-11-9-10-20(18-22)21-16-17-27-25-14-6-5-12-23(25)24-13-7-8-15-26(24)28(27)19-21/h5-19,31-32H,1-4H3. The summed E-state index contributed by atoms with van der Waals surface area (Å²) >= 11 is 0. The summed E-state index contributed by atoms with van der Waals surface area (Å²) in [5.74, 6) is 0. The van der Waals surface area contributed by atoms with Gasteiger partial charge in [-0.15, -0.1) is 0 Å². The van der Waals surface area contributed by atoms with Crippen LogP contribution in [0.4, 0.5) is 0 Å². The maximum Gasteiger partial charge on any atom is 0.309 e. The molecule has 33 heavy (non-hydrogen) atoms. The SMILES string of the molecule is CC(C)(O)C(C)(C)OBc1cccc(-c2ccc3c4ccccc4c4ccccc4c3c2)c1. The van der Waals surface area contributed by atoms with Crippen molar-refractivity contribution in [3.63, 3.8) is 0 Å². The fourth-order valence-electron chi connectivity index (χ4n) is 4.37. The van der Waals surface area contributed by atoms with Crippen LogP contribution >= 0.6 is 0 Å². The zero-order chi connectivity index (χ0) is 23.2. The number of benzene rings is 5. The van der Waals surface area contributed by atoms with Gasteiger partial charge in [0.15, 0.2) is 0 Å². The fourth-order valence-corrected chi connectivity index (χ4v) is 4.37. The maximum atomic E-state index is 10.4. The van der Waals surface area contributed by atoms with E-state index in [0.717, 1.165) is 11.0 Å². The van der Waals surface area contributed by atoms with Gasteiger partial charge in [0.1, 0.15) is 0 Å². The van der Waals surface area contributed by atoms with Crippen molar-refractivity contribution >= 4 is 45.3 Å². The molecule has 0 atom stereocenters. The third-order valence-electron chi connectivity index (χ3n) is 7.08. The molecule has 0 radical (unpaired) electrons. The summed E-state index contributed by atoms with van der Waals surface area (Å²) in [5.41, 5.74) is 1.87. The van der Waals surface area contributed by atoms with Gasteiger partial charge in [-0.1, -0.05) is 90.4 Å². The van der Waals surface area contributed by atoms with Gasteiger partial charge in [-0.25, -0.2) is 0 Å². The minimum atomic E-state index is -0.924. The maximum absolute atomic E-state index is 10.4. The van der Waals surface area contributed by atoms with E-state index < -0.39 is 11.2 Å². The van der Waals surface area contributed by atoms with Crippen LogP contribution in [0.3, 0.4) is 0 Å². The van der Waals surface area contributed by atoms with E-state index in [1.54, 1.807) is 13.8 Å². The molecule has 2 nitrogen and oxygen atoms in total. The molecule has 0 amide bonds. The molecule has 0 aliphatic heterocycles. The summed E-state index contributed by atoms with van der Waals surface area (Å²) in [5, 5.41) is 18.1. The van der Waals surface area contributed by atoms with E-state index in [1.165, 1.54) is 37.9 Å². The highest BCUT2D eigenvalue weighted by Gasteiger charge is 2.35. The number of hydrogen-bond acceptors (Lipinski definition) is 2. The van der Waals surface area contributed by atoms with Crippen molar-refractivity contribution in [2.75, 3.05) is 0 Å². The van der Waals surface area contributed by atoms with E-state index >= 15 is 0 Å². The topological polar surface area (TPSA) is 29.5 Å². The molecule has 3 heteroatoms. The lowest BCUT2D eigenvalue weighted by molar-refractivity contribution is -0.0893. The molecule has 0 bridgehead atoms. The monoisotopic (exact) mass is 432 g/mol. The quantitative estimate of drug-likeness (QED) is 0.259. The average molecular weight is 432 g/mol. The van der Waals surface area contributed by atoms with E-state index in [4.69, 9.17) is 4.65 Å². The predicted molar refractivity (Wildman–Crippen MR) is 143 cm³/mol. The van der Waals surface area contributed by atoms with Gasteiger partial charge in [0.25, 0.3) is 0 Å². The molecule has 0 aliphatic rings. The molecule has 1 N–H and O–H groups in total. The van der Waals surface area contributed by atoms with Crippen molar-refractivity contribution < 1.29 is 9.76 Å². The predicted octanol–water partition coefficient (Wildman–Crippen LogP) is 6.36. The third-order valence-corrected chi connectivity index (χ3v) is 7.08. The van der Waals surface area contributed by atoms with Crippen LogP contribution in [0.1, 0.15) is 27.7 Å². The van der Waals surface area contributed by atoms with E-state index in [2.05, 4.69) is 91.0 Å². The molecule has 5 aromatic rings. The molecule has 0 saturated carbocycles. The fraction of sp³-hybridized carbons (Fsp3) is 0.200. The lowest BCUT2D eigenvalue weighted by atomic mass is 9.81. The van der Waals surface area contributed by atoms with Crippen molar-refractivity contribution in [3.05, 3.63) is 91.0 Å². The van der Waals surface area contributed by atoms with Gasteiger partial charge >= 0.3 is 7.48 Å². The zero-order valence-corrected chi connectivity index (χ0v) is 19.7. The normalized spacial score (nSPS) is 12.5. The van der Waals surface area contributed by atoms with E-state index in [1.807, 2.05) is 13.8 Å². The van der Waals surface area contributed by atoms with Crippen LogP contribution in [0.15, 0.2) is 91.0 Å². The molecule has 5 rings (SSSR count). The molecule has 0 spiro atoms. The molecule has 0 saturated heterocycles. The first kappa shape index (κ1) is 21.7. The Hall–Kier alpha value is -3.14. The number of hydrogen-bond donors (Lipinski definition) is 1. The van der Waals surface area contributed by atoms with Crippen LogP contribution in [0.2, 0.25) is 0 Å². The van der Waals surface area contributed by atoms with E-state index in [0.29, 0.717) is 7.48 Å². The van der Waals surface area contributed by atoms with Crippen LogP contribution in [0.5, 0.6) is 0 Å². The Morgan fingerprint density at radius 2 is 1.09 bits per heavy atom. The Morgan fingerprint density at radius 1 is 0.576 bits per heavy atom. The highest BCUT2D eigenvalue weighted by atomic mass is 16.5. The van der Waals surface area contributed by atoms with Gasteiger partial charge in [0.05, 0.1) is 11.2 Å². The summed E-state index contributed by atoms with van der Waals surface area (Å²) in [6.07, 6.45) is 0. The summed E-state index contributed by atoms with van der Waals surface area (Å²) in [7, 11) is 0.450. The average Bonchev–Trinajstić information content (AvgIpc) is 2.82. The van der Waals surface area contributed by atoms with Crippen LogP contribution in [-0.4, -0.2) is 23.8 Å². The van der Waals surface area contributed by atoms with E-state index in [-0.39, 0.29) is 0 Å². The highest BCUT2D eigenvalue weighted by Crippen LogP contribution is 2.36. The van der Waals surface area contributed by atoms with E-state index in [9.17, 15) is 5.11 Å². The van der Waals surface area contributed by atoms with Crippen molar-refractivity contribution in [1.82, 2.24) is 0 Å². The van der Waals surface area contributed by atoms with Gasteiger partial charge < -0.3 is 9.76 Å². The molecule has 5 aromatic carbocycles. The lowest BCUT2D eigenvalue weighted by Crippen LogP contribution is -2.49. The Balaban J connectivity index is 1.58. The number of fused-ring (bicyclic) bond motifs is 6. The smallest absolute Gasteiger partial charge is 0.309 e. The molecular formula is C30H29BO2. The molecular weight excluding hydrogens is 403 g/mol. The van der Waals surface area contributed by atoms with Crippen molar-refractivity contribution in [1.29, 1.82) is 0 Å². The Bertz CT molecular complexity index is 1440. The van der Waals surface area contributed by atoms with Crippen LogP contribution in [0, 0.1) is 0 Å². The van der Waals surface area contributed by atoms with Crippen LogP contribution in [-0.2, 0) is 4.65 Å². The Kier molecular flexibility index (Phi) is 5.27. The first-order valence-electron chi connectivity index (χ1n) is 11.5. The van der Waals surface area contributed by atoms with Gasteiger partial charge in [0.2, 0.25) is 0 Å². The van der Waals surface area contributed by atoms with Crippen molar-refractivity contribution in [3.8, 4) is 11.1 Å². The second kappa shape index (κ2) is 8.02. The molecule has 0 aliphatic carbocycles. The Labute approximate surface area is 196 Å². The minimum Gasteiger partial charge on any atom is -0.427 e. The molecule has 0 unspecified atom stereocenters. The van der Waals surface area contributed by atoms with Gasteiger partial charge in [-0.2, -0.15) is 0 Å². The van der Waals surface area contributed by atoms with Crippen molar-refractivity contribution in [2.45, 2.75) is 38.9 Å². The Morgan fingerprint density at radius 3 is 1.67 bits per heavy atom. The van der Waals surface area contributed by atoms with Crippen molar-refractivity contribution in [2.24, 2.45) is 0 Å². The molecule has 0 aromatic heterocycles. The number of rotatable bonds is 5. The van der Waals surface area contributed by atoms with Crippen LogP contribution < -0.4 is 5.46 Å². The van der Waals surface area contributed by atoms with Gasteiger partial charge in [-0.05, 0) is 77.2 Å². The summed E-state index contributed by atoms with van der Waals surface area (Å²) < 4.78 is 6.10. The number of aliphatic hydroxyl groups is 1. The van der Waals surface area contributed by atoms with Gasteiger partial charge in [-0.3, -0.25) is 0 Å². The highest BCUT2D eigenvalue weighted by molar-refractivity contribution is 6.47. The first-order chi connectivity index (χ1) is 15.7. The molecule has 164 valence electrons. The van der Waals surface area contributed by atoms with Crippen LogP contribution in [0.25, 0.3) is 43.4 Å². The largest absolute Gasteiger partial charge is 0.427 e. The second-order valence-electron chi connectivity index (χ2n) is 9.91. The van der Waals surface area contributed by atoms with Gasteiger partial charge in [0, 0.05) is 0 Å². The molecule has 0 fully saturated rings. The summed E-state index contributed by atoms with van der Waals surface area (Å²) in [6.45, 7) is 7.42. The minimum absolute atomic E-state index is 0.450. The first-order valence-corrected chi connectivity index (χ1v) is 11.5. The zero-order valence-electron chi connectivity index (χ0n) is 19.7. The lowest BCUT2D eigenvalue weighted by Gasteiger charge is -2.37. The summed E-state index contributed by atoms with van der Waals surface area (Å²) in [4.78, 5) is 0.